The van der Waals surface area contributed by atoms with Gasteiger partial charge in [-0.25, -0.2) is 9.37 Å². The van der Waals surface area contributed by atoms with Crippen molar-refractivity contribution in [1.29, 1.82) is 5.26 Å². The second-order valence-electron chi connectivity index (χ2n) is 3.93. The fraction of sp³-hybridized carbons (Fsp3) is 0. The Balaban J connectivity index is 2.10. The van der Waals surface area contributed by atoms with Crippen molar-refractivity contribution in [2.75, 3.05) is 0 Å². The predicted octanol–water partition coefficient (Wildman–Crippen LogP) is 4.86. The third-order valence-corrected chi connectivity index (χ3v) is 4.02. The number of hydrogen-bond donors (Lipinski definition) is 0. The van der Waals surface area contributed by atoms with Crippen LogP contribution in [0.15, 0.2) is 40.2 Å². The van der Waals surface area contributed by atoms with E-state index in [1.54, 1.807) is 12.1 Å². The van der Waals surface area contributed by atoms with Gasteiger partial charge in [-0.3, -0.25) is 0 Å². The highest BCUT2D eigenvalue weighted by atomic mass is 79.9. The summed E-state index contributed by atoms with van der Waals surface area (Å²) in [5.41, 5.74) is 0.907. The number of halogens is 2. The van der Waals surface area contributed by atoms with Crippen LogP contribution in [0.1, 0.15) is 5.69 Å². The van der Waals surface area contributed by atoms with Crippen molar-refractivity contribution in [1.82, 2.24) is 4.98 Å². The molecule has 0 fully saturated rings. The summed E-state index contributed by atoms with van der Waals surface area (Å²) in [4.78, 5) is 4.16. The Hall–Kier alpha value is -1.97. The van der Waals surface area contributed by atoms with Crippen molar-refractivity contribution in [3.63, 3.8) is 0 Å². The van der Waals surface area contributed by atoms with Crippen LogP contribution >= 0.6 is 27.3 Å². The van der Waals surface area contributed by atoms with Gasteiger partial charge in [0.1, 0.15) is 17.5 Å². The fourth-order valence-electron chi connectivity index (χ4n) is 1.74. The van der Waals surface area contributed by atoms with Gasteiger partial charge in [0.2, 0.25) is 0 Å². The molecule has 0 aliphatic carbocycles. The van der Waals surface area contributed by atoms with E-state index in [-0.39, 0.29) is 11.4 Å². The third kappa shape index (κ3) is 2.38. The molecule has 98 valence electrons. The van der Waals surface area contributed by atoms with Crippen LogP contribution in [-0.2, 0) is 0 Å². The summed E-state index contributed by atoms with van der Waals surface area (Å²) in [7, 11) is 0. The molecule has 2 heterocycles. The summed E-state index contributed by atoms with van der Waals surface area (Å²) in [6, 6.07) is 9.83. The molecule has 0 aliphatic rings. The molecule has 0 unspecified atom stereocenters. The number of rotatable bonds is 2. The monoisotopic (exact) mass is 348 g/mol. The van der Waals surface area contributed by atoms with Gasteiger partial charge in [-0.15, -0.1) is 11.3 Å². The molecule has 0 saturated heterocycles. The summed E-state index contributed by atoms with van der Waals surface area (Å²) in [5.74, 6) is 0.0696. The number of pyridine rings is 1. The average molecular weight is 349 g/mol. The van der Waals surface area contributed by atoms with Gasteiger partial charge in [-0.05, 0) is 29.6 Å². The summed E-state index contributed by atoms with van der Waals surface area (Å²) in [5, 5.41) is 10.8. The Morgan fingerprint density at radius 3 is 2.85 bits per heavy atom. The maximum absolute atomic E-state index is 13.8. The lowest BCUT2D eigenvalue weighted by Gasteiger charge is -2.08. The first kappa shape index (κ1) is 13.0. The molecule has 2 aromatic heterocycles. The first-order valence-corrected chi connectivity index (χ1v) is 7.26. The lowest BCUT2D eigenvalue weighted by atomic mass is 10.3. The molecular formula is C14H6BrFN2OS. The highest BCUT2D eigenvalue weighted by Gasteiger charge is 2.12. The van der Waals surface area contributed by atoms with E-state index in [9.17, 15) is 4.39 Å². The van der Waals surface area contributed by atoms with Crippen LogP contribution in [0, 0.1) is 17.1 Å². The minimum absolute atomic E-state index is 0.109. The molecule has 20 heavy (non-hydrogen) atoms. The van der Waals surface area contributed by atoms with Crippen molar-refractivity contribution >= 4 is 37.5 Å². The highest BCUT2D eigenvalue weighted by Crippen LogP contribution is 2.35. The SMILES string of the molecule is N#Cc1cc(Oc2ccc(Br)cc2F)c2sccc2n1. The predicted molar refractivity (Wildman–Crippen MR) is 78.5 cm³/mol. The molecule has 6 heteroatoms. The van der Waals surface area contributed by atoms with Gasteiger partial charge < -0.3 is 4.74 Å². The van der Waals surface area contributed by atoms with Crippen molar-refractivity contribution in [3.8, 4) is 17.6 Å². The Labute approximate surface area is 126 Å². The Morgan fingerprint density at radius 2 is 2.10 bits per heavy atom. The molecule has 0 N–H and O–H groups in total. The zero-order valence-electron chi connectivity index (χ0n) is 9.93. The van der Waals surface area contributed by atoms with Gasteiger partial charge in [-0.1, -0.05) is 15.9 Å². The largest absolute Gasteiger partial charge is 0.453 e. The highest BCUT2D eigenvalue weighted by molar-refractivity contribution is 9.10. The van der Waals surface area contributed by atoms with E-state index in [0.717, 1.165) is 4.70 Å². The molecule has 1 aromatic carbocycles. The summed E-state index contributed by atoms with van der Waals surface area (Å²) < 4.78 is 20.8. The van der Waals surface area contributed by atoms with E-state index in [2.05, 4.69) is 20.9 Å². The number of nitrogens with zero attached hydrogens (tertiary/aromatic N) is 2. The average Bonchev–Trinajstić information content (AvgIpc) is 2.90. The van der Waals surface area contributed by atoms with E-state index in [0.29, 0.717) is 15.7 Å². The van der Waals surface area contributed by atoms with Gasteiger partial charge >= 0.3 is 0 Å². The molecule has 0 bridgehead atoms. The van der Waals surface area contributed by atoms with Gasteiger partial charge in [0.05, 0.1) is 10.2 Å². The fourth-order valence-corrected chi connectivity index (χ4v) is 2.85. The molecule has 3 aromatic rings. The minimum Gasteiger partial charge on any atom is -0.453 e. The molecule has 3 nitrogen and oxygen atoms in total. The van der Waals surface area contributed by atoms with E-state index in [1.165, 1.54) is 29.5 Å². The maximum Gasteiger partial charge on any atom is 0.166 e. The second-order valence-corrected chi connectivity index (χ2v) is 5.76. The zero-order valence-corrected chi connectivity index (χ0v) is 12.3. The molecule has 0 atom stereocenters. The molecule has 0 radical (unpaired) electrons. The van der Waals surface area contributed by atoms with Crippen LogP contribution in [0.5, 0.6) is 11.5 Å². The lowest BCUT2D eigenvalue weighted by Crippen LogP contribution is -1.91. The standard InChI is InChI=1S/C14H6BrFN2OS/c15-8-1-2-12(10(16)5-8)19-13-6-9(7-17)18-11-3-4-20-14(11)13/h1-6H. The molecular weight excluding hydrogens is 343 g/mol. The van der Waals surface area contributed by atoms with Gasteiger partial charge in [-0.2, -0.15) is 5.26 Å². The molecule has 0 aliphatic heterocycles. The van der Waals surface area contributed by atoms with Crippen LogP contribution in [0.25, 0.3) is 10.2 Å². The third-order valence-electron chi connectivity index (χ3n) is 2.61. The molecule has 0 saturated carbocycles. The van der Waals surface area contributed by atoms with Crippen LogP contribution < -0.4 is 4.74 Å². The van der Waals surface area contributed by atoms with Crippen molar-refractivity contribution in [3.05, 3.63) is 51.7 Å². The first-order valence-electron chi connectivity index (χ1n) is 5.58. The lowest BCUT2D eigenvalue weighted by molar-refractivity contribution is 0.446. The van der Waals surface area contributed by atoms with E-state index < -0.39 is 5.82 Å². The van der Waals surface area contributed by atoms with Crippen molar-refractivity contribution in [2.45, 2.75) is 0 Å². The number of nitriles is 1. The molecule has 3 rings (SSSR count). The number of fused-ring (bicyclic) bond motifs is 1. The van der Waals surface area contributed by atoms with Crippen LogP contribution in [0.4, 0.5) is 4.39 Å². The Morgan fingerprint density at radius 1 is 1.25 bits per heavy atom. The topological polar surface area (TPSA) is 45.9 Å². The summed E-state index contributed by atoms with van der Waals surface area (Å²) in [6.45, 7) is 0. The van der Waals surface area contributed by atoms with E-state index >= 15 is 0 Å². The molecule has 0 amide bonds. The quantitative estimate of drug-likeness (QED) is 0.664. The summed E-state index contributed by atoms with van der Waals surface area (Å²) in [6.07, 6.45) is 0. The number of thiophene rings is 1. The number of aromatic nitrogens is 1. The van der Waals surface area contributed by atoms with Gasteiger partial charge in [0.25, 0.3) is 0 Å². The zero-order chi connectivity index (χ0) is 14.1. The number of ether oxygens (including phenoxy) is 1. The van der Waals surface area contributed by atoms with E-state index in [4.69, 9.17) is 10.00 Å². The first-order chi connectivity index (χ1) is 9.67. The molecule has 0 spiro atoms. The second kappa shape index (κ2) is 5.19. The van der Waals surface area contributed by atoms with E-state index in [1.807, 2.05) is 11.4 Å². The van der Waals surface area contributed by atoms with Crippen LogP contribution in [0.2, 0.25) is 0 Å². The smallest absolute Gasteiger partial charge is 0.166 e. The Bertz CT molecular complexity index is 841. The Kier molecular flexibility index (Phi) is 3.38. The number of hydrogen-bond acceptors (Lipinski definition) is 4. The normalized spacial score (nSPS) is 10.4. The van der Waals surface area contributed by atoms with Crippen molar-refractivity contribution < 1.29 is 9.13 Å². The minimum atomic E-state index is -0.473. The van der Waals surface area contributed by atoms with Gasteiger partial charge in [0.15, 0.2) is 11.6 Å². The van der Waals surface area contributed by atoms with Crippen LogP contribution in [0.3, 0.4) is 0 Å². The van der Waals surface area contributed by atoms with Crippen LogP contribution in [-0.4, -0.2) is 4.98 Å². The summed E-state index contributed by atoms with van der Waals surface area (Å²) >= 11 is 4.62. The van der Waals surface area contributed by atoms with Crippen molar-refractivity contribution in [2.24, 2.45) is 0 Å². The maximum atomic E-state index is 13.8. The number of benzene rings is 1. The van der Waals surface area contributed by atoms with Gasteiger partial charge in [0, 0.05) is 10.5 Å².